The first-order valence-corrected chi connectivity index (χ1v) is 13.2. The molecule has 0 aliphatic heterocycles. The summed E-state index contributed by atoms with van der Waals surface area (Å²) in [6.07, 6.45) is 1.19. The highest BCUT2D eigenvalue weighted by molar-refractivity contribution is 7.99. The van der Waals surface area contributed by atoms with E-state index in [0.29, 0.717) is 17.8 Å². The van der Waals surface area contributed by atoms with Crippen LogP contribution in [0.2, 0.25) is 0 Å². The minimum Gasteiger partial charge on any atom is -0.351 e. The molecule has 0 saturated heterocycles. The first kappa shape index (κ1) is 23.9. The lowest BCUT2D eigenvalue weighted by atomic mass is 10.1. The Kier molecular flexibility index (Phi) is 7.99. The van der Waals surface area contributed by atoms with E-state index in [-0.39, 0.29) is 12.5 Å². The van der Waals surface area contributed by atoms with Crippen LogP contribution in [0.3, 0.4) is 0 Å². The number of thioether (sulfide) groups is 1. The van der Waals surface area contributed by atoms with Crippen LogP contribution in [0.4, 0.5) is 5.69 Å². The summed E-state index contributed by atoms with van der Waals surface area (Å²) in [7, 11) is -3.48. The van der Waals surface area contributed by atoms with Gasteiger partial charge < -0.3 is 5.32 Å². The third-order valence-corrected chi connectivity index (χ3v) is 7.10. The lowest BCUT2D eigenvalue weighted by Gasteiger charge is -2.23. The predicted molar refractivity (Wildman–Crippen MR) is 133 cm³/mol. The van der Waals surface area contributed by atoms with Crippen molar-refractivity contribution in [1.29, 1.82) is 0 Å². The Hall–Kier alpha value is -2.77. The maximum Gasteiger partial charge on any atom is 0.251 e. The van der Waals surface area contributed by atoms with Gasteiger partial charge in [-0.1, -0.05) is 47.5 Å². The monoisotopic (exact) mass is 468 g/mol. The molecule has 7 heteroatoms. The molecule has 3 rings (SSSR count). The van der Waals surface area contributed by atoms with E-state index < -0.39 is 10.0 Å². The zero-order valence-electron chi connectivity index (χ0n) is 18.5. The number of anilines is 1. The second-order valence-electron chi connectivity index (χ2n) is 7.72. The zero-order valence-corrected chi connectivity index (χ0v) is 20.2. The van der Waals surface area contributed by atoms with Crippen molar-refractivity contribution in [2.24, 2.45) is 0 Å². The van der Waals surface area contributed by atoms with Gasteiger partial charge >= 0.3 is 0 Å². The fraction of sp³-hybridized carbons (Fsp3) is 0.240. The van der Waals surface area contributed by atoms with Crippen LogP contribution in [0.5, 0.6) is 0 Å². The van der Waals surface area contributed by atoms with Gasteiger partial charge in [0.25, 0.3) is 5.91 Å². The lowest BCUT2D eigenvalue weighted by molar-refractivity contribution is 0.0956. The van der Waals surface area contributed by atoms with Crippen molar-refractivity contribution in [3.8, 4) is 0 Å². The highest BCUT2D eigenvalue weighted by Gasteiger charge is 2.18. The molecule has 0 fully saturated rings. The Morgan fingerprint density at radius 2 is 1.44 bits per heavy atom. The number of rotatable bonds is 9. The second kappa shape index (κ2) is 10.7. The number of benzene rings is 3. The van der Waals surface area contributed by atoms with Gasteiger partial charge in [0.2, 0.25) is 10.0 Å². The largest absolute Gasteiger partial charge is 0.351 e. The second-order valence-corrected chi connectivity index (χ2v) is 10.8. The number of carbonyl (C=O) groups is 1. The van der Waals surface area contributed by atoms with Gasteiger partial charge in [0.15, 0.2) is 0 Å². The molecule has 1 amide bonds. The van der Waals surface area contributed by atoms with Crippen LogP contribution < -0.4 is 9.62 Å². The van der Waals surface area contributed by atoms with Gasteiger partial charge in [-0.15, -0.1) is 11.8 Å². The quantitative estimate of drug-likeness (QED) is 0.362. The SMILES string of the molecule is Cc1ccc(CN(c2ccc(C(=O)NCCSc3ccc(C)cc3)cc2)S(C)(=O)=O)cc1. The minimum atomic E-state index is -3.48. The molecule has 1 N–H and O–H groups in total. The number of hydrogen-bond donors (Lipinski definition) is 1. The van der Waals surface area contributed by atoms with Crippen LogP contribution >= 0.6 is 11.8 Å². The summed E-state index contributed by atoms with van der Waals surface area (Å²) in [6.45, 7) is 4.82. The van der Waals surface area contributed by atoms with Crippen LogP contribution in [-0.4, -0.2) is 32.9 Å². The molecular weight excluding hydrogens is 440 g/mol. The third-order valence-electron chi connectivity index (χ3n) is 4.94. The van der Waals surface area contributed by atoms with Crippen molar-refractivity contribution < 1.29 is 13.2 Å². The Labute approximate surface area is 194 Å². The molecule has 0 spiro atoms. The molecule has 0 bridgehead atoms. The number of sulfonamides is 1. The number of amides is 1. The van der Waals surface area contributed by atoms with E-state index in [1.807, 2.05) is 31.2 Å². The molecule has 0 heterocycles. The van der Waals surface area contributed by atoms with Crippen molar-refractivity contribution in [2.75, 3.05) is 22.9 Å². The number of hydrogen-bond acceptors (Lipinski definition) is 4. The standard InChI is InChI=1S/C25H28N2O3S2/c1-19-4-8-21(9-5-19)18-27(32(3,29)30)23-12-10-22(11-13-23)25(28)26-16-17-31-24-14-6-20(2)7-15-24/h4-15H,16-18H2,1-3H3,(H,26,28). The van der Waals surface area contributed by atoms with Gasteiger partial charge in [-0.2, -0.15) is 0 Å². The summed E-state index contributed by atoms with van der Waals surface area (Å²) >= 11 is 1.69. The predicted octanol–water partition coefficient (Wildman–Crippen LogP) is 4.79. The molecule has 5 nitrogen and oxygen atoms in total. The normalized spacial score (nSPS) is 11.2. The van der Waals surface area contributed by atoms with Crippen LogP contribution in [0.15, 0.2) is 77.7 Å². The molecule has 0 saturated carbocycles. The molecule has 32 heavy (non-hydrogen) atoms. The topological polar surface area (TPSA) is 66.5 Å². The van der Waals surface area contributed by atoms with Crippen molar-refractivity contribution in [3.63, 3.8) is 0 Å². The summed E-state index contributed by atoms with van der Waals surface area (Å²) in [5.41, 5.74) is 4.26. The fourth-order valence-electron chi connectivity index (χ4n) is 3.11. The lowest BCUT2D eigenvalue weighted by Crippen LogP contribution is -2.29. The van der Waals surface area contributed by atoms with E-state index in [4.69, 9.17) is 0 Å². The van der Waals surface area contributed by atoms with E-state index in [2.05, 4.69) is 36.5 Å². The van der Waals surface area contributed by atoms with E-state index in [1.54, 1.807) is 36.0 Å². The van der Waals surface area contributed by atoms with E-state index in [1.165, 1.54) is 21.0 Å². The number of aryl methyl sites for hydroxylation is 2. The molecule has 0 atom stereocenters. The van der Waals surface area contributed by atoms with Crippen LogP contribution in [0, 0.1) is 13.8 Å². The molecule has 0 aromatic heterocycles. The van der Waals surface area contributed by atoms with Gasteiger partial charge in [-0.3, -0.25) is 9.10 Å². The maximum atomic E-state index is 12.4. The molecule has 0 aliphatic rings. The van der Waals surface area contributed by atoms with Crippen molar-refractivity contribution in [1.82, 2.24) is 5.32 Å². The van der Waals surface area contributed by atoms with Crippen LogP contribution in [0.1, 0.15) is 27.0 Å². The molecule has 3 aromatic carbocycles. The van der Waals surface area contributed by atoms with Crippen LogP contribution in [0.25, 0.3) is 0 Å². The summed E-state index contributed by atoms with van der Waals surface area (Å²) in [4.78, 5) is 13.6. The summed E-state index contributed by atoms with van der Waals surface area (Å²) in [6, 6.07) is 22.7. The molecule has 0 radical (unpaired) electrons. The summed E-state index contributed by atoms with van der Waals surface area (Å²) in [5, 5.41) is 2.91. The molecule has 0 unspecified atom stereocenters. The Balaban J connectivity index is 1.59. The maximum absolute atomic E-state index is 12.4. The molecular formula is C25H28N2O3S2. The van der Waals surface area contributed by atoms with Gasteiger partial charge in [-0.05, 0) is 55.8 Å². The average Bonchev–Trinajstić information content (AvgIpc) is 2.77. The van der Waals surface area contributed by atoms with Crippen molar-refractivity contribution >= 4 is 33.4 Å². The molecule has 3 aromatic rings. The Bertz CT molecular complexity index is 1140. The zero-order chi connectivity index (χ0) is 23.1. The molecule has 168 valence electrons. The van der Waals surface area contributed by atoms with E-state index in [9.17, 15) is 13.2 Å². The van der Waals surface area contributed by atoms with Crippen molar-refractivity contribution in [3.05, 3.63) is 95.1 Å². The number of nitrogens with zero attached hydrogens (tertiary/aromatic N) is 1. The highest BCUT2D eigenvalue weighted by atomic mass is 32.2. The Morgan fingerprint density at radius 1 is 0.875 bits per heavy atom. The number of carbonyl (C=O) groups excluding carboxylic acids is 1. The minimum absolute atomic E-state index is 0.175. The third kappa shape index (κ3) is 6.87. The van der Waals surface area contributed by atoms with Gasteiger partial charge in [-0.25, -0.2) is 8.42 Å². The highest BCUT2D eigenvalue weighted by Crippen LogP contribution is 2.22. The molecule has 0 aliphatic carbocycles. The smallest absolute Gasteiger partial charge is 0.251 e. The fourth-order valence-corrected chi connectivity index (χ4v) is 4.77. The Morgan fingerprint density at radius 3 is 2.00 bits per heavy atom. The van der Waals surface area contributed by atoms with E-state index in [0.717, 1.165) is 16.9 Å². The first-order chi connectivity index (χ1) is 15.2. The van der Waals surface area contributed by atoms with Crippen LogP contribution in [-0.2, 0) is 16.6 Å². The van der Waals surface area contributed by atoms with Gasteiger partial charge in [0.1, 0.15) is 0 Å². The first-order valence-electron chi connectivity index (χ1n) is 10.3. The van der Waals surface area contributed by atoms with Gasteiger partial charge in [0, 0.05) is 22.8 Å². The van der Waals surface area contributed by atoms with Gasteiger partial charge in [0.05, 0.1) is 18.5 Å². The van der Waals surface area contributed by atoms with Crippen molar-refractivity contribution in [2.45, 2.75) is 25.3 Å². The summed E-state index contributed by atoms with van der Waals surface area (Å²) < 4.78 is 26.1. The van der Waals surface area contributed by atoms with E-state index >= 15 is 0 Å². The average molecular weight is 469 g/mol. The number of nitrogens with one attached hydrogen (secondary N) is 1. The summed E-state index contributed by atoms with van der Waals surface area (Å²) in [5.74, 6) is 0.594.